The Labute approximate surface area is 185 Å². The van der Waals surface area contributed by atoms with Crippen LogP contribution in [0.5, 0.6) is 0 Å². The van der Waals surface area contributed by atoms with Crippen LogP contribution in [-0.4, -0.2) is 52.2 Å². The lowest BCUT2D eigenvalue weighted by Crippen LogP contribution is -2.75. The summed E-state index contributed by atoms with van der Waals surface area (Å²) in [6.07, 6.45) is -3.40. The number of nitrogens with one attached hydrogen (secondary N) is 2. The van der Waals surface area contributed by atoms with Crippen LogP contribution in [0.3, 0.4) is 0 Å². The van der Waals surface area contributed by atoms with Crippen LogP contribution in [0.2, 0.25) is 0 Å². The molecule has 1 aromatic carbocycles. The van der Waals surface area contributed by atoms with Gasteiger partial charge in [0.15, 0.2) is 11.1 Å². The molecule has 5 rings (SSSR count). The van der Waals surface area contributed by atoms with Crippen molar-refractivity contribution in [2.24, 2.45) is 5.41 Å². The molecule has 2 fully saturated rings. The van der Waals surface area contributed by atoms with E-state index in [4.69, 9.17) is 4.74 Å². The zero-order valence-corrected chi connectivity index (χ0v) is 17.6. The fraction of sp³-hybridized carbons (Fsp3) is 0.429. The topological polar surface area (TPSA) is 106 Å². The van der Waals surface area contributed by atoms with Gasteiger partial charge in [0, 0.05) is 24.1 Å². The summed E-state index contributed by atoms with van der Waals surface area (Å²) in [5.74, 6) is -1.46. The summed E-state index contributed by atoms with van der Waals surface area (Å²) in [5, 5.41) is 4.40. The first-order valence-electron chi connectivity index (χ1n) is 10.3. The van der Waals surface area contributed by atoms with Gasteiger partial charge >= 0.3 is 12.2 Å². The minimum atomic E-state index is -4.58. The van der Waals surface area contributed by atoms with Crippen molar-refractivity contribution in [2.75, 3.05) is 11.4 Å². The first-order chi connectivity index (χ1) is 15.5. The van der Waals surface area contributed by atoms with Gasteiger partial charge in [-0.3, -0.25) is 20.2 Å². The number of ether oxygens (including phenoxy) is 1. The van der Waals surface area contributed by atoms with Crippen molar-refractivity contribution in [3.63, 3.8) is 0 Å². The lowest BCUT2D eigenvalue weighted by atomic mass is 9.66. The monoisotopic (exact) mass is 463 g/mol. The van der Waals surface area contributed by atoms with E-state index in [1.165, 1.54) is 4.57 Å². The van der Waals surface area contributed by atoms with Gasteiger partial charge in [0.25, 0.3) is 0 Å². The highest BCUT2D eigenvalue weighted by Crippen LogP contribution is 2.47. The van der Waals surface area contributed by atoms with Gasteiger partial charge in [-0.1, -0.05) is 0 Å². The summed E-state index contributed by atoms with van der Waals surface area (Å²) < 4.78 is 46.2. The number of benzene rings is 1. The third-order valence-electron chi connectivity index (χ3n) is 6.46. The molecule has 0 bridgehead atoms. The number of aromatic nitrogens is 2. The first-order valence-corrected chi connectivity index (χ1v) is 10.3. The minimum absolute atomic E-state index is 0.0504. The van der Waals surface area contributed by atoms with Gasteiger partial charge in [0.2, 0.25) is 11.8 Å². The number of carbonyl (C=O) groups excluding carboxylic acids is 3. The molecule has 1 spiro atoms. The molecule has 3 aliphatic heterocycles. The second kappa shape index (κ2) is 7.04. The van der Waals surface area contributed by atoms with E-state index in [0.29, 0.717) is 17.8 Å². The number of barbiturate groups is 1. The SMILES string of the molecule is C[C@@H]1CN2c3ccc(-n4cnc(C(F)(F)F)c4)cc3CC3(C(=O)NC(=O)NC3=O)[C@H]2[C@H](C)O1. The highest BCUT2D eigenvalue weighted by molar-refractivity contribution is 6.20. The zero-order valence-electron chi connectivity index (χ0n) is 17.6. The summed E-state index contributed by atoms with van der Waals surface area (Å²) in [4.78, 5) is 43.4. The van der Waals surface area contributed by atoms with Crippen molar-refractivity contribution in [3.05, 3.63) is 42.0 Å². The van der Waals surface area contributed by atoms with E-state index in [2.05, 4.69) is 15.6 Å². The molecule has 2 aromatic rings. The maximum atomic E-state index is 13.1. The van der Waals surface area contributed by atoms with Crippen molar-refractivity contribution in [1.29, 1.82) is 0 Å². The highest BCUT2D eigenvalue weighted by Gasteiger charge is 2.62. The predicted molar refractivity (Wildman–Crippen MR) is 108 cm³/mol. The fourth-order valence-electron chi connectivity index (χ4n) is 5.21. The molecule has 2 N–H and O–H groups in total. The molecule has 0 unspecified atom stereocenters. The molecular formula is C21H20F3N5O4. The molecule has 4 heterocycles. The lowest BCUT2D eigenvalue weighted by Gasteiger charge is -2.55. The van der Waals surface area contributed by atoms with Crippen LogP contribution in [-0.2, 0) is 26.9 Å². The van der Waals surface area contributed by atoms with Crippen molar-refractivity contribution in [2.45, 2.75) is 44.7 Å². The van der Waals surface area contributed by atoms with E-state index in [1.54, 1.807) is 25.1 Å². The quantitative estimate of drug-likeness (QED) is 0.625. The molecule has 1 aromatic heterocycles. The van der Waals surface area contributed by atoms with Gasteiger partial charge in [-0.05, 0) is 44.0 Å². The van der Waals surface area contributed by atoms with Crippen LogP contribution in [0.1, 0.15) is 25.1 Å². The molecule has 9 nitrogen and oxygen atoms in total. The van der Waals surface area contributed by atoms with Gasteiger partial charge in [0.05, 0.1) is 24.6 Å². The summed E-state index contributed by atoms with van der Waals surface area (Å²) in [7, 11) is 0. The number of urea groups is 1. The van der Waals surface area contributed by atoms with Crippen molar-refractivity contribution < 1.29 is 32.3 Å². The summed E-state index contributed by atoms with van der Waals surface area (Å²) in [6, 6.07) is 3.48. The number of imide groups is 2. The van der Waals surface area contributed by atoms with Crippen LogP contribution in [0.25, 0.3) is 5.69 Å². The molecule has 0 radical (unpaired) electrons. The van der Waals surface area contributed by atoms with Crippen molar-refractivity contribution in [1.82, 2.24) is 20.2 Å². The number of fused-ring (bicyclic) bond motifs is 4. The Hall–Kier alpha value is -3.41. The molecule has 33 heavy (non-hydrogen) atoms. The number of imidazole rings is 1. The number of amides is 4. The van der Waals surface area contributed by atoms with E-state index in [-0.39, 0.29) is 12.5 Å². The number of hydrogen-bond donors (Lipinski definition) is 2. The second-order valence-corrected chi connectivity index (χ2v) is 8.61. The van der Waals surface area contributed by atoms with Crippen LogP contribution in [0, 0.1) is 5.41 Å². The van der Waals surface area contributed by atoms with Gasteiger partial charge in [0.1, 0.15) is 0 Å². The van der Waals surface area contributed by atoms with Gasteiger partial charge in [-0.15, -0.1) is 0 Å². The lowest BCUT2D eigenvalue weighted by molar-refractivity contribution is -0.153. The van der Waals surface area contributed by atoms with Crippen LogP contribution < -0.4 is 15.5 Å². The summed E-state index contributed by atoms with van der Waals surface area (Å²) in [6.45, 7) is 4.03. The van der Waals surface area contributed by atoms with E-state index in [9.17, 15) is 27.6 Å². The number of anilines is 1. The summed E-state index contributed by atoms with van der Waals surface area (Å²) >= 11 is 0. The van der Waals surface area contributed by atoms with E-state index < -0.39 is 47.3 Å². The van der Waals surface area contributed by atoms with E-state index >= 15 is 0 Å². The van der Waals surface area contributed by atoms with Crippen LogP contribution in [0.15, 0.2) is 30.7 Å². The molecule has 0 aliphatic carbocycles. The number of morpholine rings is 1. The second-order valence-electron chi connectivity index (χ2n) is 8.61. The Morgan fingerprint density at radius 1 is 1.15 bits per heavy atom. The molecule has 174 valence electrons. The maximum absolute atomic E-state index is 13.1. The average Bonchev–Trinajstić information content (AvgIpc) is 3.22. The zero-order chi connectivity index (χ0) is 23.7. The van der Waals surface area contributed by atoms with Crippen molar-refractivity contribution in [3.8, 4) is 5.69 Å². The Bertz CT molecular complexity index is 1160. The molecule has 2 saturated heterocycles. The Balaban J connectivity index is 1.63. The number of alkyl halides is 3. The minimum Gasteiger partial charge on any atom is -0.372 e. The maximum Gasteiger partial charge on any atom is 0.434 e. The van der Waals surface area contributed by atoms with E-state index in [1.807, 2.05) is 11.8 Å². The molecule has 3 atom stereocenters. The standard InChI is InChI=1S/C21H20F3N5O4/c1-10-7-29-14-4-3-13(28-8-15(25-9-28)21(22,23)24)5-12(14)6-20(16(29)11(2)33-10)17(30)26-19(32)27-18(20)31/h3-5,8-11,16H,6-7H2,1-2H3,(H2,26,27,30,31,32)/t10-,11+,16-/m1/s1. The Morgan fingerprint density at radius 3 is 2.48 bits per heavy atom. The number of carbonyl (C=O) groups is 3. The Kier molecular flexibility index (Phi) is 4.57. The number of hydrogen-bond acceptors (Lipinski definition) is 6. The average molecular weight is 463 g/mol. The van der Waals surface area contributed by atoms with Crippen LogP contribution in [0.4, 0.5) is 23.7 Å². The first kappa shape index (κ1) is 21.4. The third kappa shape index (κ3) is 3.19. The summed E-state index contributed by atoms with van der Waals surface area (Å²) in [5.41, 5.74) is -0.938. The van der Waals surface area contributed by atoms with E-state index in [0.717, 1.165) is 18.2 Å². The fourth-order valence-corrected chi connectivity index (χ4v) is 5.21. The number of rotatable bonds is 1. The highest BCUT2D eigenvalue weighted by atomic mass is 19.4. The van der Waals surface area contributed by atoms with Gasteiger partial charge < -0.3 is 14.2 Å². The molecule has 4 amide bonds. The van der Waals surface area contributed by atoms with Gasteiger partial charge in [-0.2, -0.15) is 13.2 Å². The largest absolute Gasteiger partial charge is 0.434 e. The van der Waals surface area contributed by atoms with Crippen molar-refractivity contribution >= 4 is 23.5 Å². The normalized spacial score (nSPS) is 26.5. The third-order valence-corrected chi connectivity index (χ3v) is 6.46. The van der Waals surface area contributed by atoms with Gasteiger partial charge in [-0.25, -0.2) is 9.78 Å². The molecular weight excluding hydrogens is 443 g/mol. The van der Waals surface area contributed by atoms with Crippen LogP contribution >= 0.6 is 0 Å². The number of nitrogens with zero attached hydrogens (tertiary/aromatic N) is 3. The molecule has 3 aliphatic rings. The number of halogens is 3. The Morgan fingerprint density at radius 2 is 1.85 bits per heavy atom. The molecule has 0 saturated carbocycles. The molecule has 12 heteroatoms. The predicted octanol–water partition coefficient (Wildman–Crippen LogP) is 1.78. The smallest absolute Gasteiger partial charge is 0.372 e.